The van der Waals surface area contributed by atoms with Gasteiger partial charge in [0.05, 0.1) is 5.39 Å². The molecule has 0 amide bonds. The molecule has 1 aromatic heterocycles. The highest BCUT2D eigenvalue weighted by Gasteiger charge is 2.20. The van der Waals surface area contributed by atoms with Crippen LogP contribution in [-0.4, -0.2) is 9.67 Å². The van der Waals surface area contributed by atoms with E-state index in [-0.39, 0.29) is 0 Å². The van der Waals surface area contributed by atoms with E-state index >= 15 is 0 Å². The van der Waals surface area contributed by atoms with Gasteiger partial charge in [-0.15, -0.1) is 0 Å². The second-order valence-corrected chi connectivity index (χ2v) is 4.96. The van der Waals surface area contributed by atoms with Gasteiger partial charge in [-0.05, 0) is 18.9 Å². The molecule has 1 fully saturated rings. The van der Waals surface area contributed by atoms with E-state index in [0.29, 0.717) is 17.6 Å². The predicted molar refractivity (Wildman–Crippen MR) is 70.1 cm³/mol. The molecule has 0 radical (unpaired) electrons. The predicted octanol–water partition coefficient (Wildman–Crippen LogP) is 3.43. The topological polar surface area (TPSA) is 51.2 Å². The zero-order chi connectivity index (χ0) is 11.8. The van der Waals surface area contributed by atoms with Gasteiger partial charge in [0.25, 0.3) is 0 Å². The van der Waals surface area contributed by atoms with Crippen molar-refractivity contribution in [2.45, 2.75) is 38.1 Å². The van der Waals surface area contributed by atoms with Crippen molar-refractivity contribution in [2.75, 3.05) is 5.73 Å². The zero-order valence-electron chi connectivity index (χ0n) is 9.89. The Morgan fingerprint density at radius 3 is 2.65 bits per heavy atom. The van der Waals surface area contributed by atoms with E-state index in [9.17, 15) is 5.11 Å². The third-order valence-corrected chi connectivity index (χ3v) is 3.84. The molecule has 3 nitrogen and oxygen atoms in total. The standard InChI is InChI=1S/C14H18N2O/c15-12-8-4-5-10-9-16(14(17)13(10)12)11-6-2-1-3-7-11/h4-5,8-9,11,17H,1-3,6-7,15H2. The van der Waals surface area contributed by atoms with Crippen LogP contribution in [-0.2, 0) is 0 Å². The molecule has 0 aliphatic heterocycles. The number of nitrogens with two attached hydrogens (primary N) is 1. The molecule has 1 saturated carbocycles. The molecule has 0 saturated heterocycles. The summed E-state index contributed by atoms with van der Waals surface area (Å²) in [6.07, 6.45) is 8.20. The Kier molecular flexibility index (Phi) is 2.46. The smallest absolute Gasteiger partial charge is 0.201 e. The molecule has 90 valence electrons. The number of anilines is 1. The lowest BCUT2D eigenvalue weighted by Gasteiger charge is -2.23. The summed E-state index contributed by atoms with van der Waals surface area (Å²) in [5, 5.41) is 12.1. The first-order valence-electron chi connectivity index (χ1n) is 6.35. The van der Waals surface area contributed by atoms with E-state index in [0.717, 1.165) is 23.6 Å². The lowest BCUT2D eigenvalue weighted by Crippen LogP contribution is -2.11. The van der Waals surface area contributed by atoms with E-state index in [1.807, 2.05) is 29.0 Å². The molecule has 1 aromatic carbocycles. The summed E-state index contributed by atoms with van der Waals surface area (Å²) < 4.78 is 2.01. The van der Waals surface area contributed by atoms with Crippen molar-refractivity contribution >= 4 is 16.5 Å². The summed E-state index contributed by atoms with van der Waals surface area (Å²) in [6, 6.07) is 6.22. The van der Waals surface area contributed by atoms with Crippen LogP contribution in [0.5, 0.6) is 5.88 Å². The normalized spacial score (nSPS) is 17.6. The molecular formula is C14H18N2O. The van der Waals surface area contributed by atoms with Gasteiger partial charge in [0, 0.05) is 23.3 Å². The molecule has 3 heteroatoms. The van der Waals surface area contributed by atoms with Crippen molar-refractivity contribution in [3.63, 3.8) is 0 Å². The summed E-state index contributed by atoms with van der Waals surface area (Å²) >= 11 is 0. The molecule has 3 rings (SSSR count). The number of aromatic nitrogens is 1. The molecule has 0 atom stereocenters. The minimum atomic E-state index is 0.338. The number of hydrogen-bond donors (Lipinski definition) is 2. The van der Waals surface area contributed by atoms with Crippen molar-refractivity contribution in [1.82, 2.24) is 4.57 Å². The zero-order valence-corrected chi connectivity index (χ0v) is 9.89. The summed E-state index contributed by atoms with van der Waals surface area (Å²) in [7, 11) is 0. The Hall–Kier alpha value is -1.64. The third-order valence-electron chi connectivity index (χ3n) is 3.84. The van der Waals surface area contributed by atoms with E-state index in [1.54, 1.807) is 0 Å². The Morgan fingerprint density at radius 2 is 1.94 bits per heavy atom. The summed E-state index contributed by atoms with van der Waals surface area (Å²) in [5.41, 5.74) is 6.59. The first-order valence-corrected chi connectivity index (χ1v) is 6.35. The lowest BCUT2D eigenvalue weighted by molar-refractivity contribution is 0.316. The SMILES string of the molecule is Nc1cccc2cn(C3CCCCC3)c(O)c12. The largest absolute Gasteiger partial charge is 0.494 e. The number of fused-ring (bicyclic) bond motifs is 1. The van der Waals surface area contributed by atoms with Gasteiger partial charge in [-0.25, -0.2) is 0 Å². The highest BCUT2D eigenvalue weighted by Crippen LogP contribution is 2.38. The molecule has 17 heavy (non-hydrogen) atoms. The molecule has 0 unspecified atom stereocenters. The molecule has 0 spiro atoms. The Bertz CT molecular complexity index is 538. The van der Waals surface area contributed by atoms with Crippen LogP contribution in [0, 0.1) is 0 Å². The van der Waals surface area contributed by atoms with Crippen LogP contribution in [0.1, 0.15) is 38.1 Å². The fourth-order valence-corrected chi connectivity index (χ4v) is 2.93. The van der Waals surface area contributed by atoms with E-state index in [4.69, 9.17) is 5.73 Å². The van der Waals surface area contributed by atoms with Gasteiger partial charge in [-0.2, -0.15) is 0 Å². The number of benzene rings is 1. The van der Waals surface area contributed by atoms with Gasteiger partial charge >= 0.3 is 0 Å². The van der Waals surface area contributed by atoms with Crippen molar-refractivity contribution in [1.29, 1.82) is 0 Å². The highest BCUT2D eigenvalue weighted by atomic mass is 16.3. The van der Waals surface area contributed by atoms with Crippen LogP contribution >= 0.6 is 0 Å². The average molecular weight is 230 g/mol. The quantitative estimate of drug-likeness (QED) is 0.737. The second kappa shape index (κ2) is 3.99. The van der Waals surface area contributed by atoms with Crippen LogP contribution in [0.4, 0.5) is 5.69 Å². The van der Waals surface area contributed by atoms with Gasteiger partial charge in [-0.3, -0.25) is 0 Å². The molecule has 1 aliphatic carbocycles. The molecule has 3 N–H and O–H groups in total. The number of hydrogen-bond acceptors (Lipinski definition) is 2. The van der Waals surface area contributed by atoms with E-state index in [2.05, 4.69) is 0 Å². The van der Waals surface area contributed by atoms with Gasteiger partial charge in [0.2, 0.25) is 5.88 Å². The van der Waals surface area contributed by atoms with Crippen LogP contribution in [0.15, 0.2) is 24.4 Å². The highest BCUT2D eigenvalue weighted by molar-refractivity contribution is 5.97. The van der Waals surface area contributed by atoms with Crippen LogP contribution in [0.25, 0.3) is 10.8 Å². The van der Waals surface area contributed by atoms with Crippen molar-refractivity contribution in [3.8, 4) is 5.88 Å². The monoisotopic (exact) mass is 230 g/mol. The van der Waals surface area contributed by atoms with E-state index in [1.165, 1.54) is 19.3 Å². The number of nitrogen functional groups attached to an aromatic ring is 1. The summed E-state index contributed by atoms with van der Waals surface area (Å²) in [5.74, 6) is 0.338. The minimum absolute atomic E-state index is 0.338. The Balaban J connectivity index is 2.10. The number of nitrogens with zero attached hydrogens (tertiary/aromatic N) is 1. The average Bonchev–Trinajstić information content (AvgIpc) is 2.69. The van der Waals surface area contributed by atoms with Crippen LogP contribution in [0.3, 0.4) is 0 Å². The number of rotatable bonds is 1. The maximum atomic E-state index is 10.3. The van der Waals surface area contributed by atoms with Gasteiger partial charge in [0.15, 0.2) is 0 Å². The first kappa shape index (κ1) is 10.5. The maximum absolute atomic E-state index is 10.3. The summed E-state index contributed by atoms with van der Waals surface area (Å²) in [6.45, 7) is 0. The van der Waals surface area contributed by atoms with Crippen molar-refractivity contribution < 1.29 is 5.11 Å². The van der Waals surface area contributed by atoms with Crippen molar-refractivity contribution in [2.24, 2.45) is 0 Å². The molecule has 0 bridgehead atoms. The molecule has 1 aliphatic rings. The van der Waals surface area contributed by atoms with Crippen LogP contribution < -0.4 is 5.73 Å². The first-order chi connectivity index (χ1) is 8.27. The Labute approximate surface area is 101 Å². The molecule has 1 heterocycles. The summed E-state index contributed by atoms with van der Waals surface area (Å²) in [4.78, 5) is 0. The van der Waals surface area contributed by atoms with Gasteiger partial charge in [-0.1, -0.05) is 31.4 Å². The second-order valence-electron chi connectivity index (χ2n) is 4.96. The maximum Gasteiger partial charge on any atom is 0.201 e. The van der Waals surface area contributed by atoms with Gasteiger partial charge in [0.1, 0.15) is 0 Å². The molecule has 2 aromatic rings. The minimum Gasteiger partial charge on any atom is -0.494 e. The third kappa shape index (κ3) is 1.66. The van der Waals surface area contributed by atoms with Gasteiger partial charge < -0.3 is 15.4 Å². The Morgan fingerprint density at radius 1 is 1.18 bits per heavy atom. The molecular weight excluding hydrogens is 212 g/mol. The number of aromatic hydroxyl groups is 1. The lowest BCUT2D eigenvalue weighted by atomic mass is 9.95. The fraction of sp³-hybridized carbons (Fsp3) is 0.429. The fourth-order valence-electron chi connectivity index (χ4n) is 2.93. The van der Waals surface area contributed by atoms with E-state index < -0.39 is 0 Å². The van der Waals surface area contributed by atoms with Crippen LogP contribution in [0.2, 0.25) is 0 Å². The van der Waals surface area contributed by atoms with Crippen molar-refractivity contribution in [3.05, 3.63) is 24.4 Å².